The lowest BCUT2D eigenvalue weighted by Gasteiger charge is -2.45. The van der Waals surface area contributed by atoms with E-state index in [0.717, 1.165) is 0 Å². The Bertz CT molecular complexity index is 361. The highest BCUT2D eigenvalue weighted by molar-refractivity contribution is 5.93. The molecular weight excluding hydrogens is 180 g/mol. The fourth-order valence-electron chi connectivity index (χ4n) is 1.69. The molecule has 0 unspecified atom stereocenters. The van der Waals surface area contributed by atoms with E-state index in [-0.39, 0.29) is 11.4 Å². The van der Waals surface area contributed by atoms with Crippen molar-refractivity contribution < 1.29 is 4.79 Å². The van der Waals surface area contributed by atoms with Gasteiger partial charge < -0.3 is 15.2 Å². The fourth-order valence-corrected chi connectivity index (χ4v) is 1.69. The van der Waals surface area contributed by atoms with Crippen LogP contribution in [0.3, 0.4) is 0 Å². The Balaban J connectivity index is 2.08. The van der Waals surface area contributed by atoms with Gasteiger partial charge in [0.2, 0.25) is 0 Å². The summed E-state index contributed by atoms with van der Waals surface area (Å²) in [6.45, 7) is 3.19. The standard InChI is InChI=1S/C9H14N4O/c1-9(10)4-13(5-9)8(14)7-3-11-6-12(7)2/h3,6H,4-5,10H2,1-2H3. The molecule has 0 saturated carbocycles. The Morgan fingerprint density at radius 2 is 2.29 bits per heavy atom. The summed E-state index contributed by atoms with van der Waals surface area (Å²) in [5, 5.41) is 0. The summed E-state index contributed by atoms with van der Waals surface area (Å²) in [5.41, 5.74) is 6.22. The molecular formula is C9H14N4O. The van der Waals surface area contributed by atoms with E-state index in [2.05, 4.69) is 4.98 Å². The largest absolute Gasteiger partial charge is 0.334 e. The number of hydrogen-bond acceptors (Lipinski definition) is 3. The number of hydrogen-bond donors (Lipinski definition) is 1. The summed E-state index contributed by atoms with van der Waals surface area (Å²) < 4.78 is 1.72. The number of imidazole rings is 1. The van der Waals surface area contributed by atoms with E-state index in [1.165, 1.54) is 0 Å². The van der Waals surface area contributed by atoms with Gasteiger partial charge in [-0.1, -0.05) is 0 Å². The van der Waals surface area contributed by atoms with E-state index < -0.39 is 0 Å². The number of aromatic nitrogens is 2. The lowest BCUT2D eigenvalue weighted by atomic mass is 9.93. The van der Waals surface area contributed by atoms with Gasteiger partial charge in [0.1, 0.15) is 5.69 Å². The molecule has 1 amide bonds. The summed E-state index contributed by atoms with van der Waals surface area (Å²) in [7, 11) is 1.81. The SMILES string of the molecule is Cn1cncc1C(=O)N1CC(C)(N)C1. The van der Waals surface area contributed by atoms with Crippen LogP contribution in [0.15, 0.2) is 12.5 Å². The summed E-state index contributed by atoms with van der Waals surface area (Å²) in [6.07, 6.45) is 3.20. The Morgan fingerprint density at radius 3 is 2.71 bits per heavy atom. The van der Waals surface area contributed by atoms with Crippen molar-refractivity contribution >= 4 is 5.91 Å². The molecule has 0 spiro atoms. The summed E-state index contributed by atoms with van der Waals surface area (Å²) in [6, 6.07) is 0. The third-order valence-corrected chi connectivity index (χ3v) is 2.43. The van der Waals surface area contributed by atoms with E-state index in [4.69, 9.17) is 5.73 Å². The Hall–Kier alpha value is -1.36. The van der Waals surface area contributed by atoms with Gasteiger partial charge in [-0.2, -0.15) is 0 Å². The Labute approximate surface area is 82.5 Å². The highest BCUT2D eigenvalue weighted by atomic mass is 16.2. The topological polar surface area (TPSA) is 64.2 Å². The number of nitrogens with zero attached hydrogens (tertiary/aromatic N) is 3. The second-order valence-corrected chi connectivity index (χ2v) is 4.21. The average molecular weight is 194 g/mol. The minimum absolute atomic E-state index is 0.00734. The molecule has 1 aliphatic heterocycles. The molecule has 2 N–H and O–H groups in total. The molecule has 2 heterocycles. The zero-order valence-corrected chi connectivity index (χ0v) is 8.40. The molecule has 1 fully saturated rings. The smallest absolute Gasteiger partial charge is 0.272 e. The van der Waals surface area contributed by atoms with Gasteiger partial charge >= 0.3 is 0 Å². The van der Waals surface area contributed by atoms with Crippen molar-refractivity contribution in [2.24, 2.45) is 12.8 Å². The molecule has 76 valence electrons. The first kappa shape index (κ1) is 9.21. The van der Waals surface area contributed by atoms with Gasteiger partial charge in [0.15, 0.2) is 0 Å². The van der Waals surface area contributed by atoms with Crippen LogP contribution in [0.2, 0.25) is 0 Å². The zero-order valence-electron chi connectivity index (χ0n) is 8.40. The molecule has 2 rings (SSSR count). The highest BCUT2D eigenvalue weighted by Gasteiger charge is 2.38. The van der Waals surface area contributed by atoms with Crippen LogP contribution in [-0.2, 0) is 7.05 Å². The first-order valence-corrected chi connectivity index (χ1v) is 4.54. The van der Waals surface area contributed by atoms with Crippen molar-refractivity contribution in [3.05, 3.63) is 18.2 Å². The second-order valence-electron chi connectivity index (χ2n) is 4.21. The van der Waals surface area contributed by atoms with Crippen molar-refractivity contribution in [2.45, 2.75) is 12.5 Å². The van der Waals surface area contributed by atoms with Gasteiger partial charge in [0, 0.05) is 25.7 Å². The molecule has 0 atom stereocenters. The van der Waals surface area contributed by atoms with Crippen LogP contribution in [-0.4, -0.2) is 39.0 Å². The molecule has 5 heteroatoms. The highest BCUT2D eigenvalue weighted by Crippen LogP contribution is 2.19. The second kappa shape index (κ2) is 2.81. The summed E-state index contributed by atoms with van der Waals surface area (Å²) in [5.74, 6) is 0.00734. The van der Waals surface area contributed by atoms with Crippen LogP contribution in [0.25, 0.3) is 0 Å². The molecule has 1 aromatic rings. The van der Waals surface area contributed by atoms with Crippen LogP contribution < -0.4 is 5.73 Å². The summed E-state index contributed by atoms with van der Waals surface area (Å²) in [4.78, 5) is 17.4. The van der Waals surface area contributed by atoms with Crippen LogP contribution in [0.1, 0.15) is 17.4 Å². The third-order valence-electron chi connectivity index (χ3n) is 2.43. The maximum absolute atomic E-state index is 11.8. The van der Waals surface area contributed by atoms with Crippen LogP contribution in [0, 0.1) is 0 Å². The van der Waals surface area contributed by atoms with Crippen molar-refractivity contribution in [2.75, 3.05) is 13.1 Å². The van der Waals surface area contributed by atoms with Crippen molar-refractivity contribution in [3.63, 3.8) is 0 Å². The predicted octanol–water partition coefficient (Wildman–Crippen LogP) is -0.407. The predicted molar refractivity (Wildman–Crippen MR) is 51.7 cm³/mol. The van der Waals surface area contributed by atoms with Gasteiger partial charge in [0.25, 0.3) is 5.91 Å². The quantitative estimate of drug-likeness (QED) is 0.661. The number of rotatable bonds is 1. The number of aryl methyl sites for hydroxylation is 1. The summed E-state index contributed by atoms with van der Waals surface area (Å²) >= 11 is 0. The number of likely N-dealkylation sites (tertiary alicyclic amines) is 1. The van der Waals surface area contributed by atoms with Crippen LogP contribution in [0.4, 0.5) is 0 Å². The average Bonchev–Trinajstić information content (AvgIpc) is 2.45. The molecule has 0 aromatic carbocycles. The monoisotopic (exact) mass is 194 g/mol. The van der Waals surface area contributed by atoms with E-state index in [9.17, 15) is 4.79 Å². The van der Waals surface area contributed by atoms with Gasteiger partial charge in [0.05, 0.1) is 12.5 Å². The Kier molecular flexibility index (Phi) is 1.85. The number of carbonyl (C=O) groups is 1. The van der Waals surface area contributed by atoms with Crippen molar-refractivity contribution in [1.82, 2.24) is 14.5 Å². The lowest BCUT2D eigenvalue weighted by Crippen LogP contribution is -2.66. The molecule has 1 aliphatic rings. The van der Waals surface area contributed by atoms with Crippen LogP contribution >= 0.6 is 0 Å². The van der Waals surface area contributed by atoms with Gasteiger partial charge in [-0.25, -0.2) is 4.98 Å². The number of nitrogens with two attached hydrogens (primary N) is 1. The van der Waals surface area contributed by atoms with E-state index in [0.29, 0.717) is 18.8 Å². The van der Waals surface area contributed by atoms with E-state index in [1.54, 1.807) is 22.0 Å². The van der Waals surface area contributed by atoms with Crippen molar-refractivity contribution in [3.8, 4) is 0 Å². The lowest BCUT2D eigenvalue weighted by molar-refractivity contribution is 0.0444. The number of amides is 1. The van der Waals surface area contributed by atoms with E-state index >= 15 is 0 Å². The van der Waals surface area contributed by atoms with Gasteiger partial charge in [-0.3, -0.25) is 4.79 Å². The van der Waals surface area contributed by atoms with Crippen molar-refractivity contribution in [1.29, 1.82) is 0 Å². The maximum atomic E-state index is 11.8. The van der Waals surface area contributed by atoms with Gasteiger partial charge in [-0.15, -0.1) is 0 Å². The van der Waals surface area contributed by atoms with Crippen LogP contribution in [0.5, 0.6) is 0 Å². The molecule has 1 aromatic heterocycles. The maximum Gasteiger partial charge on any atom is 0.272 e. The first-order valence-electron chi connectivity index (χ1n) is 4.54. The fraction of sp³-hybridized carbons (Fsp3) is 0.556. The van der Waals surface area contributed by atoms with E-state index in [1.807, 2.05) is 14.0 Å². The zero-order chi connectivity index (χ0) is 10.3. The molecule has 0 bridgehead atoms. The minimum atomic E-state index is -0.214. The number of carbonyl (C=O) groups excluding carboxylic acids is 1. The molecule has 0 radical (unpaired) electrons. The minimum Gasteiger partial charge on any atom is -0.334 e. The normalized spacial score (nSPS) is 19.2. The molecule has 14 heavy (non-hydrogen) atoms. The molecule has 1 saturated heterocycles. The van der Waals surface area contributed by atoms with Gasteiger partial charge in [-0.05, 0) is 6.92 Å². The Morgan fingerprint density at radius 1 is 1.64 bits per heavy atom. The molecule has 5 nitrogen and oxygen atoms in total. The molecule has 0 aliphatic carbocycles. The third kappa shape index (κ3) is 1.39. The first-order chi connectivity index (χ1) is 6.49.